The van der Waals surface area contributed by atoms with E-state index in [2.05, 4.69) is 15.6 Å². The number of hydroxylamine groups is 1. The highest BCUT2D eigenvalue weighted by Crippen LogP contribution is 2.07. The van der Waals surface area contributed by atoms with Crippen LogP contribution in [0.1, 0.15) is 9.67 Å². The Labute approximate surface area is 85.0 Å². The molecule has 0 atom stereocenters. The van der Waals surface area contributed by atoms with Crippen LogP contribution in [-0.2, 0) is 9.63 Å². The van der Waals surface area contributed by atoms with Crippen molar-refractivity contribution in [3.8, 4) is 0 Å². The molecule has 76 valence electrons. The van der Waals surface area contributed by atoms with Gasteiger partial charge < -0.3 is 5.32 Å². The van der Waals surface area contributed by atoms with Crippen molar-refractivity contribution in [2.24, 2.45) is 0 Å². The second-order valence-corrected chi connectivity index (χ2v) is 3.34. The summed E-state index contributed by atoms with van der Waals surface area (Å²) in [6, 6.07) is 3.46. The van der Waals surface area contributed by atoms with Crippen LogP contribution >= 0.6 is 11.3 Å². The first-order valence-corrected chi connectivity index (χ1v) is 4.75. The normalized spacial score (nSPS) is 9.50. The minimum atomic E-state index is -0.391. The molecular weight excluding hydrogens is 204 g/mol. The van der Waals surface area contributed by atoms with E-state index in [1.54, 1.807) is 17.5 Å². The molecule has 0 aliphatic heterocycles. The minimum absolute atomic E-state index is 0.0927. The standard InChI is InChI=1S/C8H10N2O3S/c1-13-10-7(11)5-9-8(12)6-3-2-4-14-6/h2-4H,5H2,1H3,(H,9,12)(H,10,11). The summed E-state index contributed by atoms with van der Waals surface area (Å²) in [6.07, 6.45) is 0. The zero-order valence-corrected chi connectivity index (χ0v) is 8.39. The molecule has 1 rings (SSSR count). The van der Waals surface area contributed by atoms with E-state index in [0.29, 0.717) is 4.88 Å². The summed E-state index contributed by atoms with van der Waals surface area (Å²) in [6.45, 7) is -0.0927. The van der Waals surface area contributed by atoms with Gasteiger partial charge in [0.2, 0.25) is 0 Å². The SMILES string of the molecule is CONC(=O)CNC(=O)c1cccs1. The quantitative estimate of drug-likeness (QED) is 0.701. The predicted molar refractivity (Wildman–Crippen MR) is 51.8 cm³/mol. The molecule has 2 N–H and O–H groups in total. The molecule has 0 radical (unpaired) electrons. The zero-order valence-electron chi connectivity index (χ0n) is 7.57. The summed E-state index contributed by atoms with van der Waals surface area (Å²) < 4.78 is 0. The Kier molecular flexibility index (Phi) is 4.09. The second-order valence-electron chi connectivity index (χ2n) is 2.39. The minimum Gasteiger partial charge on any atom is -0.342 e. The number of hydrogen-bond donors (Lipinski definition) is 2. The summed E-state index contributed by atoms with van der Waals surface area (Å²) in [4.78, 5) is 27.1. The van der Waals surface area contributed by atoms with Crippen molar-refractivity contribution < 1.29 is 14.4 Å². The lowest BCUT2D eigenvalue weighted by atomic mass is 10.4. The van der Waals surface area contributed by atoms with Crippen molar-refractivity contribution in [1.82, 2.24) is 10.8 Å². The first-order valence-electron chi connectivity index (χ1n) is 3.87. The molecule has 6 heteroatoms. The fourth-order valence-corrected chi connectivity index (χ4v) is 1.45. The van der Waals surface area contributed by atoms with Crippen LogP contribution in [0.3, 0.4) is 0 Å². The van der Waals surface area contributed by atoms with Gasteiger partial charge in [-0.25, -0.2) is 5.48 Å². The Hall–Kier alpha value is -1.40. The molecule has 1 aromatic rings. The molecule has 0 aliphatic rings. The van der Waals surface area contributed by atoms with Crippen LogP contribution in [0.2, 0.25) is 0 Å². The Balaban J connectivity index is 2.32. The molecule has 14 heavy (non-hydrogen) atoms. The smallest absolute Gasteiger partial charge is 0.262 e. The predicted octanol–water partition coefficient (Wildman–Crippen LogP) is 0.156. The molecule has 0 saturated heterocycles. The van der Waals surface area contributed by atoms with Crippen LogP contribution < -0.4 is 10.8 Å². The van der Waals surface area contributed by atoms with Gasteiger partial charge in [0.05, 0.1) is 18.5 Å². The van der Waals surface area contributed by atoms with Crippen LogP contribution in [0.15, 0.2) is 17.5 Å². The number of rotatable bonds is 4. The lowest BCUT2D eigenvalue weighted by Crippen LogP contribution is -2.36. The highest BCUT2D eigenvalue weighted by Gasteiger charge is 2.07. The molecular formula is C8H10N2O3S. The lowest BCUT2D eigenvalue weighted by Gasteiger charge is -2.02. The maximum absolute atomic E-state index is 11.3. The number of carbonyl (C=O) groups is 2. The maximum atomic E-state index is 11.3. The Bertz CT molecular complexity index is 310. The van der Waals surface area contributed by atoms with E-state index in [4.69, 9.17) is 0 Å². The largest absolute Gasteiger partial charge is 0.342 e. The average molecular weight is 214 g/mol. The van der Waals surface area contributed by atoms with Gasteiger partial charge in [0.25, 0.3) is 11.8 Å². The number of carbonyl (C=O) groups excluding carboxylic acids is 2. The number of nitrogens with one attached hydrogen (secondary N) is 2. The Morgan fingerprint density at radius 1 is 1.57 bits per heavy atom. The third kappa shape index (κ3) is 3.15. The van der Waals surface area contributed by atoms with Gasteiger partial charge in [-0.05, 0) is 11.4 Å². The van der Waals surface area contributed by atoms with Gasteiger partial charge in [-0.1, -0.05) is 6.07 Å². The zero-order chi connectivity index (χ0) is 10.4. The fourth-order valence-electron chi connectivity index (χ4n) is 0.805. The van der Waals surface area contributed by atoms with Crippen molar-refractivity contribution in [2.45, 2.75) is 0 Å². The molecule has 5 nitrogen and oxygen atoms in total. The molecule has 0 bridgehead atoms. The molecule has 2 amide bonds. The summed E-state index contributed by atoms with van der Waals surface area (Å²) in [5.41, 5.74) is 2.10. The number of thiophene rings is 1. The summed E-state index contributed by atoms with van der Waals surface area (Å²) in [7, 11) is 1.33. The Morgan fingerprint density at radius 2 is 2.36 bits per heavy atom. The summed E-state index contributed by atoms with van der Waals surface area (Å²) in [5, 5.41) is 4.24. The molecule has 0 aliphatic carbocycles. The van der Waals surface area contributed by atoms with Crippen LogP contribution in [0, 0.1) is 0 Å². The van der Waals surface area contributed by atoms with E-state index in [9.17, 15) is 9.59 Å². The highest BCUT2D eigenvalue weighted by atomic mass is 32.1. The van der Waals surface area contributed by atoms with Crippen LogP contribution in [0.4, 0.5) is 0 Å². The van der Waals surface area contributed by atoms with E-state index < -0.39 is 5.91 Å². The van der Waals surface area contributed by atoms with Crippen LogP contribution in [0.5, 0.6) is 0 Å². The molecule has 0 fully saturated rings. The van der Waals surface area contributed by atoms with Crippen LogP contribution in [0.25, 0.3) is 0 Å². The van der Waals surface area contributed by atoms with Gasteiger partial charge in [0, 0.05) is 0 Å². The van der Waals surface area contributed by atoms with E-state index >= 15 is 0 Å². The molecule has 1 aromatic heterocycles. The second kappa shape index (κ2) is 5.36. The van der Waals surface area contributed by atoms with Crippen molar-refractivity contribution in [3.05, 3.63) is 22.4 Å². The Morgan fingerprint density at radius 3 is 2.93 bits per heavy atom. The first-order chi connectivity index (χ1) is 6.74. The molecule has 0 aromatic carbocycles. The lowest BCUT2D eigenvalue weighted by molar-refractivity contribution is -0.130. The van der Waals surface area contributed by atoms with Gasteiger partial charge in [0.1, 0.15) is 0 Å². The van der Waals surface area contributed by atoms with E-state index in [-0.39, 0.29) is 12.5 Å². The monoisotopic (exact) mass is 214 g/mol. The first kappa shape index (κ1) is 10.7. The van der Waals surface area contributed by atoms with E-state index in [1.165, 1.54) is 18.4 Å². The van der Waals surface area contributed by atoms with Gasteiger partial charge in [-0.15, -0.1) is 11.3 Å². The molecule has 1 heterocycles. The van der Waals surface area contributed by atoms with E-state index in [1.807, 2.05) is 0 Å². The van der Waals surface area contributed by atoms with Crippen molar-refractivity contribution in [3.63, 3.8) is 0 Å². The molecule has 0 saturated carbocycles. The van der Waals surface area contributed by atoms with Crippen molar-refractivity contribution in [1.29, 1.82) is 0 Å². The third-order valence-electron chi connectivity index (χ3n) is 1.37. The van der Waals surface area contributed by atoms with Crippen molar-refractivity contribution >= 4 is 23.2 Å². The highest BCUT2D eigenvalue weighted by molar-refractivity contribution is 7.12. The fraction of sp³-hybridized carbons (Fsp3) is 0.250. The topological polar surface area (TPSA) is 67.4 Å². The van der Waals surface area contributed by atoms with Crippen molar-refractivity contribution in [2.75, 3.05) is 13.7 Å². The molecule has 0 spiro atoms. The van der Waals surface area contributed by atoms with Crippen LogP contribution in [-0.4, -0.2) is 25.5 Å². The summed E-state index contributed by atoms with van der Waals surface area (Å²) >= 11 is 1.32. The van der Waals surface area contributed by atoms with Gasteiger partial charge in [-0.2, -0.15) is 0 Å². The van der Waals surface area contributed by atoms with Gasteiger partial charge in [0.15, 0.2) is 0 Å². The van der Waals surface area contributed by atoms with Gasteiger partial charge >= 0.3 is 0 Å². The molecule has 0 unspecified atom stereocenters. The number of amides is 2. The van der Waals surface area contributed by atoms with Gasteiger partial charge in [-0.3, -0.25) is 14.4 Å². The number of hydrogen-bond acceptors (Lipinski definition) is 4. The summed E-state index contributed by atoms with van der Waals surface area (Å²) in [5.74, 6) is -0.649. The average Bonchev–Trinajstić information content (AvgIpc) is 2.67. The van der Waals surface area contributed by atoms with E-state index in [0.717, 1.165) is 0 Å². The third-order valence-corrected chi connectivity index (χ3v) is 2.24. The maximum Gasteiger partial charge on any atom is 0.262 e.